The molecule has 0 radical (unpaired) electrons. The number of aliphatic hydroxyl groups is 1. The van der Waals surface area contributed by atoms with Gasteiger partial charge >= 0.3 is 0 Å². The number of piperidine rings is 1. The molecule has 2 aliphatic carbocycles. The molecule has 224 valence electrons. The van der Waals surface area contributed by atoms with Crippen LogP contribution in [0.5, 0.6) is 11.5 Å². The van der Waals surface area contributed by atoms with E-state index in [1.165, 1.54) is 5.56 Å². The van der Waals surface area contributed by atoms with E-state index in [1.807, 2.05) is 55.3 Å². The highest BCUT2D eigenvalue weighted by atomic mass is 16.5. The lowest BCUT2D eigenvalue weighted by Gasteiger charge is -2.67. The van der Waals surface area contributed by atoms with Gasteiger partial charge in [-0.25, -0.2) is 0 Å². The fraction of sp³-hybridized carbons (Fsp3) is 0.432. The van der Waals surface area contributed by atoms with Crippen LogP contribution in [-0.2, 0) is 23.1 Å². The average Bonchev–Trinajstić information content (AvgIpc) is 3.36. The first kappa shape index (κ1) is 28.2. The summed E-state index contributed by atoms with van der Waals surface area (Å²) in [7, 11) is 1.86. The zero-order valence-electron chi connectivity index (χ0n) is 25.4. The van der Waals surface area contributed by atoms with Crippen molar-refractivity contribution in [3.8, 4) is 11.5 Å². The molecule has 43 heavy (non-hydrogen) atoms. The van der Waals surface area contributed by atoms with Crippen LogP contribution in [0.15, 0.2) is 72.8 Å². The molecule has 1 saturated carbocycles. The van der Waals surface area contributed by atoms with Gasteiger partial charge in [-0.15, -0.1) is 0 Å². The minimum absolute atomic E-state index is 0.0284. The third kappa shape index (κ3) is 4.17. The Hall–Kier alpha value is -3.61. The number of hydrogen-bond acceptors (Lipinski definition) is 5. The highest BCUT2D eigenvalue weighted by molar-refractivity contribution is 5.92. The predicted octanol–water partition coefficient (Wildman–Crippen LogP) is 5.27. The molecule has 1 spiro atoms. The van der Waals surface area contributed by atoms with E-state index < -0.39 is 17.1 Å². The van der Waals surface area contributed by atoms with Crippen LogP contribution in [0.2, 0.25) is 0 Å². The number of benzene rings is 3. The number of phenolic OH excluding ortho intramolecular Hbond substituents is 1. The Bertz CT molecular complexity index is 1570. The number of hydrogen-bond donors (Lipinski definition) is 2. The van der Waals surface area contributed by atoms with Crippen molar-refractivity contribution in [1.29, 1.82) is 0 Å². The van der Waals surface area contributed by atoms with Crippen molar-refractivity contribution in [3.63, 3.8) is 0 Å². The first-order chi connectivity index (χ1) is 20.8. The fourth-order valence-electron chi connectivity index (χ4n) is 9.09. The molecule has 2 fully saturated rings. The van der Waals surface area contributed by atoms with Crippen LogP contribution in [-0.4, -0.2) is 69.8 Å². The molecule has 0 unspecified atom stereocenters. The van der Waals surface area contributed by atoms with Crippen LogP contribution >= 0.6 is 0 Å². The molecule has 6 nitrogen and oxygen atoms in total. The standard InChI is InChI=1S/C37H42N2O4/c1-4-28-23-29(38(3)32(41)16-13-26-12-8-9-24(2)21-26)35-36-18-20-39(19-17-25-10-6-5-7-11-25)31(37(28,36)42)22-27-14-15-30(40)34(43-35)33(27)36/h5-16,21,28-29,31,35,40,42H,4,17-20,22-23H2,1-3H3/t28-,29+,31+,35+,36-,37+/m0/s1. The second kappa shape index (κ2) is 10.5. The molecule has 2 heterocycles. The molecule has 4 aliphatic rings. The largest absolute Gasteiger partial charge is 0.504 e. The van der Waals surface area contributed by atoms with E-state index in [0.717, 1.165) is 61.0 Å². The number of aromatic hydroxyl groups is 1. The van der Waals surface area contributed by atoms with Crippen molar-refractivity contribution < 1.29 is 19.7 Å². The van der Waals surface area contributed by atoms with Gasteiger partial charge in [-0.1, -0.05) is 79.6 Å². The van der Waals surface area contributed by atoms with Gasteiger partial charge in [0.25, 0.3) is 0 Å². The monoisotopic (exact) mass is 578 g/mol. The van der Waals surface area contributed by atoms with E-state index in [4.69, 9.17) is 4.74 Å². The van der Waals surface area contributed by atoms with Gasteiger partial charge in [-0.2, -0.15) is 0 Å². The van der Waals surface area contributed by atoms with Crippen molar-refractivity contribution in [2.24, 2.45) is 5.92 Å². The summed E-state index contributed by atoms with van der Waals surface area (Å²) >= 11 is 0. The molecular formula is C37H42N2O4. The second-order valence-corrected chi connectivity index (χ2v) is 13.1. The normalized spacial score (nSPS) is 30.6. The lowest BCUT2D eigenvalue weighted by atomic mass is 9.45. The number of carbonyl (C=O) groups is 1. The third-order valence-electron chi connectivity index (χ3n) is 11.1. The van der Waals surface area contributed by atoms with Crippen molar-refractivity contribution in [2.45, 2.75) is 75.2 Å². The molecule has 7 rings (SSSR count). The quantitative estimate of drug-likeness (QED) is 0.374. The maximum absolute atomic E-state index is 13.7. The first-order valence-corrected chi connectivity index (χ1v) is 15.8. The van der Waals surface area contributed by atoms with Gasteiger partial charge in [0.05, 0.1) is 17.1 Å². The number of phenols is 1. The number of likely N-dealkylation sites (tertiary alicyclic amines) is 1. The summed E-state index contributed by atoms with van der Waals surface area (Å²) in [5.74, 6) is 0.518. The highest BCUT2D eigenvalue weighted by Crippen LogP contribution is 2.67. The van der Waals surface area contributed by atoms with Crippen LogP contribution in [0.4, 0.5) is 0 Å². The zero-order chi connectivity index (χ0) is 29.9. The topological polar surface area (TPSA) is 73.2 Å². The Morgan fingerprint density at radius 1 is 1.14 bits per heavy atom. The summed E-state index contributed by atoms with van der Waals surface area (Å²) in [6, 6.07) is 22.1. The van der Waals surface area contributed by atoms with E-state index in [-0.39, 0.29) is 29.7 Å². The number of ether oxygens (including phenoxy) is 1. The van der Waals surface area contributed by atoms with E-state index in [1.54, 1.807) is 12.1 Å². The van der Waals surface area contributed by atoms with Crippen molar-refractivity contribution in [1.82, 2.24) is 9.80 Å². The molecule has 1 saturated heterocycles. The molecule has 2 bridgehead atoms. The van der Waals surface area contributed by atoms with Gasteiger partial charge in [-0.05, 0) is 73.9 Å². The summed E-state index contributed by atoms with van der Waals surface area (Å²) in [6.07, 6.45) is 6.90. The molecule has 6 heteroatoms. The summed E-state index contributed by atoms with van der Waals surface area (Å²) in [5.41, 5.74) is 3.84. The lowest BCUT2D eigenvalue weighted by Crippen LogP contribution is -2.81. The number of aryl methyl sites for hydroxylation is 1. The van der Waals surface area contributed by atoms with Crippen molar-refractivity contribution in [3.05, 3.63) is 101 Å². The molecule has 0 aromatic heterocycles. The minimum atomic E-state index is -1.04. The Balaban J connectivity index is 1.26. The smallest absolute Gasteiger partial charge is 0.246 e. The Kier molecular flexibility index (Phi) is 6.90. The van der Waals surface area contributed by atoms with E-state index in [2.05, 4.69) is 42.2 Å². The van der Waals surface area contributed by atoms with Gasteiger partial charge in [0, 0.05) is 31.3 Å². The third-order valence-corrected chi connectivity index (χ3v) is 11.1. The van der Waals surface area contributed by atoms with Gasteiger partial charge < -0.3 is 19.8 Å². The fourth-order valence-corrected chi connectivity index (χ4v) is 9.09. The minimum Gasteiger partial charge on any atom is -0.504 e. The lowest BCUT2D eigenvalue weighted by molar-refractivity contribution is -0.228. The van der Waals surface area contributed by atoms with Crippen molar-refractivity contribution >= 4 is 12.0 Å². The van der Waals surface area contributed by atoms with Crippen LogP contribution in [0, 0.1) is 12.8 Å². The first-order valence-electron chi connectivity index (χ1n) is 15.8. The summed E-state index contributed by atoms with van der Waals surface area (Å²) in [4.78, 5) is 18.0. The van der Waals surface area contributed by atoms with Gasteiger partial charge in [0.2, 0.25) is 5.91 Å². The maximum Gasteiger partial charge on any atom is 0.246 e. The molecule has 2 aliphatic heterocycles. The number of nitrogens with zero attached hydrogens (tertiary/aromatic N) is 2. The second-order valence-electron chi connectivity index (χ2n) is 13.1. The Morgan fingerprint density at radius 3 is 2.72 bits per heavy atom. The van der Waals surface area contributed by atoms with Crippen LogP contribution in [0.3, 0.4) is 0 Å². The molecule has 3 aromatic rings. The van der Waals surface area contributed by atoms with Crippen LogP contribution in [0.25, 0.3) is 6.08 Å². The van der Waals surface area contributed by atoms with Crippen LogP contribution < -0.4 is 4.74 Å². The van der Waals surface area contributed by atoms with Gasteiger partial charge in [-0.3, -0.25) is 9.69 Å². The summed E-state index contributed by atoms with van der Waals surface area (Å²) in [6.45, 7) is 5.92. The zero-order valence-corrected chi connectivity index (χ0v) is 25.4. The van der Waals surface area contributed by atoms with Gasteiger partial charge in [0.1, 0.15) is 6.10 Å². The summed E-state index contributed by atoms with van der Waals surface area (Å²) in [5, 5.41) is 24.3. The maximum atomic E-state index is 13.7. The number of rotatable bonds is 7. The Labute approximate surface area is 254 Å². The van der Waals surface area contributed by atoms with E-state index >= 15 is 0 Å². The molecule has 3 aromatic carbocycles. The number of likely N-dealkylation sites (N-methyl/N-ethyl adjacent to an activating group) is 1. The van der Waals surface area contributed by atoms with Crippen molar-refractivity contribution in [2.75, 3.05) is 20.1 Å². The predicted molar refractivity (Wildman–Crippen MR) is 168 cm³/mol. The molecule has 2 N–H and O–H groups in total. The van der Waals surface area contributed by atoms with E-state index in [9.17, 15) is 15.0 Å². The SMILES string of the molecule is CC[C@H]1C[C@@H](N(C)C(=O)C=Cc2cccc(C)c2)[C@H]2Oc3c(O)ccc4c3[C@@]23CCN(CCc2ccccc2)[C@H](C4)[C@]13O. The molecule has 1 amide bonds. The number of carbonyl (C=O) groups excluding carboxylic acids is 1. The number of amides is 1. The summed E-state index contributed by atoms with van der Waals surface area (Å²) < 4.78 is 6.75. The van der Waals surface area contributed by atoms with Crippen LogP contribution in [0.1, 0.15) is 54.0 Å². The molecular weight excluding hydrogens is 536 g/mol. The molecule has 6 atom stereocenters. The van der Waals surface area contributed by atoms with E-state index in [0.29, 0.717) is 12.2 Å². The highest BCUT2D eigenvalue weighted by Gasteiger charge is 2.75. The average molecular weight is 579 g/mol. The van der Waals surface area contributed by atoms with Gasteiger partial charge in [0.15, 0.2) is 11.5 Å². The Morgan fingerprint density at radius 2 is 1.95 bits per heavy atom.